The van der Waals surface area contributed by atoms with Gasteiger partial charge < -0.3 is 15.8 Å². The number of thiophene rings is 1. The number of esters is 1. The van der Waals surface area contributed by atoms with Gasteiger partial charge in [0.25, 0.3) is 0 Å². The van der Waals surface area contributed by atoms with Gasteiger partial charge in [-0.3, -0.25) is 4.79 Å². The molecule has 1 heterocycles. The van der Waals surface area contributed by atoms with Crippen LogP contribution in [0.2, 0.25) is 0 Å². The molecule has 0 spiro atoms. The molecule has 112 valence electrons. The minimum Gasteiger partial charge on any atom is -0.465 e. The molecule has 3 N–H and O–H groups in total. The molecule has 1 unspecified atom stereocenters. The molecule has 2 aromatic rings. The summed E-state index contributed by atoms with van der Waals surface area (Å²) in [4.78, 5) is 24.4. The van der Waals surface area contributed by atoms with Gasteiger partial charge in [0.05, 0.1) is 18.8 Å². The fourth-order valence-electron chi connectivity index (χ4n) is 2.06. The molecule has 0 aliphatic heterocycles. The summed E-state index contributed by atoms with van der Waals surface area (Å²) in [5, 5.41) is 3.60. The maximum Gasteiger partial charge on any atom is 0.350 e. The van der Waals surface area contributed by atoms with Gasteiger partial charge in [-0.1, -0.05) is 31.5 Å². The van der Waals surface area contributed by atoms with E-state index in [1.807, 2.05) is 31.2 Å². The van der Waals surface area contributed by atoms with Crippen LogP contribution in [-0.4, -0.2) is 25.0 Å². The molecule has 0 bridgehead atoms. The van der Waals surface area contributed by atoms with Crippen molar-refractivity contribution in [2.24, 2.45) is 5.73 Å². The number of nitrogens with one attached hydrogen (secondary N) is 1. The van der Waals surface area contributed by atoms with Gasteiger partial charge in [0, 0.05) is 10.1 Å². The zero-order valence-corrected chi connectivity index (χ0v) is 12.8. The number of fused-ring (bicyclic) bond motifs is 1. The van der Waals surface area contributed by atoms with Crippen molar-refractivity contribution in [3.63, 3.8) is 0 Å². The summed E-state index contributed by atoms with van der Waals surface area (Å²) < 4.78 is 5.70. The predicted octanol–water partition coefficient (Wildman–Crippen LogP) is 2.75. The van der Waals surface area contributed by atoms with Crippen LogP contribution in [-0.2, 0) is 9.53 Å². The molecular formula is C15H18N2O3S. The Morgan fingerprint density at radius 1 is 1.38 bits per heavy atom. The van der Waals surface area contributed by atoms with Gasteiger partial charge in [0.1, 0.15) is 4.88 Å². The highest BCUT2D eigenvalue weighted by Crippen LogP contribution is 2.36. The summed E-state index contributed by atoms with van der Waals surface area (Å²) >= 11 is 1.29. The second-order valence-corrected chi connectivity index (χ2v) is 5.73. The Bertz CT molecular complexity index is 666. The average Bonchev–Trinajstić information content (AvgIpc) is 2.85. The maximum atomic E-state index is 12.1. The fourth-order valence-corrected chi connectivity index (χ4v) is 3.14. The highest BCUT2D eigenvalue weighted by molar-refractivity contribution is 7.21. The first-order chi connectivity index (χ1) is 10.1. The molecule has 0 fully saturated rings. The lowest BCUT2D eigenvalue weighted by molar-refractivity contribution is -0.117. The summed E-state index contributed by atoms with van der Waals surface area (Å²) in [6, 6.07) is 6.92. The smallest absolute Gasteiger partial charge is 0.350 e. The van der Waals surface area contributed by atoms with Crippen molar-refractivity contribution in [2.75, 3.05) is 12.4 Å². The Balaban J connectivity index is 2.41. The predicted molar refractivity (Wildman–Crippen MR) is 84.7 cm³/mol. The third kappa shape index (κ3) is 3.22. The number of benzene rings is 1. The standard InChI is InChI=1S/C15H18N2O3S/c1-3-6-10(16)14(18)17-12-9-7-4-5-8-11(9)21-13(12)15(19)20-2/h4-5,7-8,10H,3,6,16H2,1-2H3,(H,17,18). The maximum absolute atomic E-state index is 12.1. The summed E-state index contributed by atoms with van der Waals surface area (Å²) in [5.74, 6) is -0.749. The number of hydrogen-bond acceptors (Lipinski definition) is 5. The van der Waals surface area contributed by atoms with E-state index >= 15 is 0 Å². The summed E-state index contributed by atoms with van der Waals surface area (Å²) in [7, 11) is 1.32. The highest BCUT2D eigenvalue weighted by Gasteiger charge is 2.22. The van der Waals surface area contributed by atoms with Gasteiger partial charge in [0.15, 0.2) is 0 Å². The molecule has 1 amide bonds. The third-order valence-corrected chi connectivity index (χ3v) is 4.30. The topological polar surface area (TPSA) is 81.4 Å². The second-order valence-electron chi connectivity index (χ2n) is 4.68. The molecule has 0 saturated carbocycles. The molecule has 1 atom stereocenters. The molecule has 5 nitrogen and oxygen atoms in total. The van der Waals surface area contributed by atoms with Crippen molar-refractivity contribution in [2.45, 2.75) is 25.8 Å². The summed E-state index contributed by atoms with van der Waals surface area (Å²) in [6.07, 6.45) is 1.42. The SMILES string of the molecule is CCCC(N)C(=O)Nc1c(C(=O)OC)sc2ccccc12. The molecule has 2 rings (SSSR count). The molecule has 0 aliphatic rings. The van der Waals surface area contributed by atoms with E-state index in [1.54, 1.807) is 0 Å². The fraction of sp³-hybridized carbons (Fsp3) is 0.333. The van der Waals surface area contributed by atoms with Gasteiger partial charge >= 0.3 is 5.97 Å². The lowest BCUT2D eigenvalue weighted by Crippen LogP contribution is -2.35. The number of hydrogen-bond donors (Lipinski definition) is 2. The second kappa shape index (κ2) is 6.69. The van der Waals surface area contributed by atoms with Crippen molar-refractivity contribution in [1.82, 2.24) is 0 Å². The summed E-state index contributed by atoms with van der Waals surface area (Å²) in [5.41, 5.74) is 6.31. The van der Waals surface area contributed by atoms with Crippen molar-refractivity contribution in [3.8, 4) is 0 Å². The molecule has 0 radical (unpaired) electrons. The molecule has 6 heteroatoms. The van der Waals surface area contributed by atoms with Gasteiger partial charge in [0.2, 0.25) is 5.91 Å². The van der Waals surface area contributed by atoms with Crippen molar-refractivity contribution < 1.29 is 14.3 Å². The van der Waals surface area contributed by atoms with Crippen LogP contribution in [0, 0.1) is 0 Å². The van der Waals surface area contributed by atoms with Gasteiger partial charge in [-0.05, 0) is 12.5 Å². The van der Waals surface area contributed by atoms with E-state index in [2.05, 4.69) is 5.32 Å². The Kier molecular flexibility index (Phi) is 4.93. The number of anilines is 1. The minimum absolute atomic E-state index is 0.287. The number of methoxy groups -OCH3 is 1. The van der Waals surface area contributed by atoms with E-state index in [0.29, 0.717) is 17.0 Å². The Labute approximate surface area is 127 Å². The van der Waals surface area contributed by atoms with Crippen molar-refractivity contribution >= 4 is 39.0 Å². The lowest BCUT2D eigenvalue weighted by Gasteiger charge is -2.11. The molecule has 21 heavy (non-hydrogen) atoms. The van der Waals surface area contributed by atoms with Crippen LogP contribution in [0.15, 0.2) is 24.3 Å². The van der Waals surface area contributed by atoms with E-state index in [1.165, 1.54) is 18.4 Å². The molecule has 0 saturated heterocycles. The Morgan fingerprint density at radius 2 is 2.10 bits per heavy atom. The van der Waals surface area contributed by atoms with Crippen LogP contribution in [0.5, 0.6) is 0 Å². The zero-order valence-electron chi connectivity index (χ0n) is 12.0. The van der Waals surface area contributed by atoms with Crippen LogP contribution < -0.4 is 11.1 Å². The van der Waals surface area contributed by atoms with Gasteiger partial charge in [-0.2, -0.15) is 0 Å². The van der Waals surface area contributed by atoms with E-state index in [4.69, 9.17) is 10.5 Å². The Morgan fingerprint density at radius 3 is 2.76 bits per heavy atom. The van der Waals surface area contributed by atoms with E-state index in [-0.39, 0.29) is 5.91 Å². The number of carbonyl (C=O) groups excluding carboxylic acids is 2. The first-order valence-electron chi connectivity index (χ1n) is 6.74. The number of nitrogens with two attached hydrogens (primary N) is 1. The minimum atomic E-state index is -0.584. The Hall–Kier alpha value is -1.92. The van der Waals surface area contributed by atoms with Crippen molar-refractivity contribution in [1.29, 1.82) is 0 Å². The normalized spacial score (nSPS) is 12.1. The van der Waals surface area contributed by atoms with Crippen LogP contribution in [0.4, 0.5) is 5.69 Å². The number of amides is 1. The van der Waals surface area contributed by atoms with E-state index in [0.717, 1.165) is 16.5 Å². The van der Waals surface area contributed by atoms with Gasteiger partial charge in [-0.25, -0.2) is 4.79 Å². The molecular weight excluding hydrogens is 288 g/mol. The highest BCUT2D eigenvalue weighted by atomic mass is 32.1. The zero-order chi connectivity index (χ0) is 15.4. The van der Waals surface area contributed by atoms with Crippen molar-refractivity contribution in [3.05, 3.63) is 29.1 Å². The number of carbonyl (C=O) groups is 2. The van der Waals surface area contributed by atoms with E-state index < -0.39 is 12.0 Å². The lowest BCUT2D eigenvalue weighted by atomic mass is 10.1. The third-order valence-electron chi connectivity index (χ3n) is 3.15. The molecule has 1 aromatic carbocycles. The number of rotatable bonds is 5. The summed E-state index contributed by atoms with van der Waals surface area (Å²) in [6.45, 7) is 1.97. The van der Waals surface area contributed by atoms with Gasteiger partial charge in [-0.15, -0.1) is 11.3 Å². The molecule has 1 aromatic heterocycles. The van der Waals surface area contributed by atoms with Crippen LogP contribution in [0.1, 0.15) is 29.4 Å². The van der Waals surface area contributed by atoms with E-state index in [9.17, 15) is 9.59 Å². The molecule has 0 aliphatic carbocycles. The van der Waals surface area contributed by atoms with Crippen LogP contribution in [0.25, 0.3) is 10.1 Å². The average molecular weight is 306 g/mol. The largest absolute Gasteiger partial charge is 0.465 e. The number of ether oxygens (including phenoxy) is 1. The first kappa shape index (κ1) is 15.5. The monoisotopic (exact) mass is 306 g/mol. The quantitative estimate of drug-likeness (QED) is 0.832. The van der Waals surface area contributed by atoms with Crippen LogP contribution in [0.3, 0.4) is 0 Å². The first-order valence-corrected chi connectivity index (χ1v) is 7.56. The van der Waals surface area contributed by atoms with Crippen LogP contribution >= 0.6 is 11.3 Å².